The molecule has 0 atom stereocenters. The zero-order valence-corrected chi connectivity index (χ0v) is 13.0. The summed E-state index contributed by atoms with van der Waals surface area (Å²) in [5, 5.41) is 12.6. The number of rotatable bonds is 6. The number of hydrogen-bond acceptors (Lipinski definition) is 4. The number of carboxylic acids is 1. The van der Waals surface area contributed by atoms with Crippen molar-refractivity contribution in [2.45, 2.75) is 55.5 Å². The van der Waals surface area contributed by atoms with Crippen molar-refractivity contribution in [3.05, 3.63) is 23.8 Å². The van der Waals surface area contributed by atoms with Gasteiger partial charge in [-0.05, 0) is 43.9 Å². The first kappa shape index (κ1) is 15.3. The third kappa shape index (κ3) is 3.41. The lowest BCUT2D eigenvalue weighted by atomic mass is 10.1. The SMILES string of the molecule is O=C(O)c1cc(S(=O)(=O)NC2CC2)ccc1NC1CCCC1. The molecule has 0 spiro atoms. The van der Waals surface area contributed by atoms with Gasteiger partial charge in [-0.2, -0.15) is 0 Å². The molecule has 0 radical (unpaired) electrons. The van der Waals surface area contributed by atoms with E-state index in [1.165, 1.54) is 12.1 Å². The molecule has 2 saturated carbocycles. The van der Waals surface area contributed by atoms with Crippen LogP contribution in [0.3, 0.4) is 0 Å². The smallest absolute Gasteiger partial charge is 0.337 e. The van der Waals surface area contributed by atoms with E-state index in [0.717, 1.165) is 38.5 Å². The highest BCUT2D eigenvalue weighted by Crippen LogP contribution is 2.27. The normalized spacial score (nSPS) is 19.3. The van der Waals surface area contributed by atoms with E-state index in [4.69, 9.17) is 0 Å². The van der Waals surface area contributed by atoms with Crippen LogP contribution in [0.4, 0.5) is 5.69 Å². The van der Waals surface area contributed by atoms with Crippen molar-refractivity contribution in [2.24, 2.45) is 0 Å². The molecular formula is C15H20N2O4S. The van der Waals surface area contributed by atoms with E-state index in [1.54, 1.807) is 6.07 Å². The minimum atomic E-state index is -3.64. The average Bonchev–Trinajstić information content (AvgIpc) is 3.11. The van der Waals surface area contributed by atoms with Crippen molar-refractivity contribution in [1.82, 2.24) is 4.72 Å². The van der Waals surface area contributed by atoms with E-state index in [9.17, 15) is 18.3 Å². The summed E-state index contributed by atoms with van der Waals surface area (Å²) in [5.41, 5.74) is 0.496. The Labute approximate surface area is 130 Å². The lowest BCUT2D eigenvalue weighted by Gasteiger charge is -2.16. The van der Waals surface area contributed by atoms with Gasteiger partial charge < -0.3 is 10.4 Å². The molecule has 2 aliphatic carbocycles. The number of anilines is 1. The van der Waals surface area contributed by atoms with E-state index in [1.807, 2.05) is 0 Å². The Morgan fingerprint density at radius 1 is 1.09 bits per heavy atom. The minimum Gasteiger partial charge on any atom is -0.478 e. The molecule has 120 valence electrons. The predicted octanol–water partition coefficient (Wildman–Crippen LogP) is 2.18. The summed E-state index contributed by atoms with van der Waals surface area (Å²) in [6, 6.07) is 4.53. The van der Waals surface area contributed by atoms with Gasteiger partial charge in [-0.3, -0.25) is 0 Å². The third-order valence-corrected chi connectivity index (χ3v) is 5.66. The van der Waals surface area contributed by atoms with E-state index in [-0.39, 0.29) is 22.5 Å². The van der Waals surface area contributed by atoms with Crippen molar-refractivity contribution in [1.29, 1.82) is 0 Å². The van der Waals surface area contributed by atoms with Crippen molar-refractivity contribution in [3.8, 4) is 0 Å². The number of hydrogen-bond donors (Lipinski definition) is 3. The Morgan fingerprint density at radius 2 is 1.77 bits per heavy atom. The molecule has 22 heavy (non-hydrogen) atoms. The molecule has 0 aliphatic heterocycles. The van der Waals surface area contributed by atoms with E-state index >= 15 is 0 Å². The monoisotopic (exact) mass is 324 g/mol. The summed E-state index contributed by atoms with van der Waals surface area (Å²) >= 11 is 0. The van der Waals surface area contributed by atoms with Crippen LogP contribution < -0.4 is 10.0 Å². The van der Waals surface area contributed by atoms with Crippen molar-refractivity contribution < 1.29 is 18.3 Å². The average molecular weight is 324 g/mol. The molecule has 0 saturated heterocycles. The largest absolute Gasteiger partial charge is 0.478 e. The number of aromatic carboxylic acids is 1. The Kier molecular flexibility index (Phi) is 4.10. The molecule has 0 heterocycles. The second-order valence-electron chi connectivity index (χ2n) is 6.03. The maximum absolute atomic E-state index is 12.2. The van der Waals surface area contributed by atoms with Gasteiger partial charge in [0.2, 0.25) is 10.0 Å². The fraction of sp³-hybridized carbons (Fsp3) is 0.533. The first-order valence-electron chi connectivity index (χ1n) is 7.62. The maximum atomic E-state index is 12.2. The van der Waals surface area contributed by atoms with Crippen LogP contribution in [-0.2, 0) is 10.0 Å². The minimum absolute atomic E-state index is 0.00503. The summed E-state index contributed by atoms with van der Waals surface area (Å²) in [4.78, 5) is 11.5. The van der Waals surface area contributed by atoms with Gasteiger partial charge in [0.05, 0.1) is 10.5 Å². The Hall–Kier alpha value is -1.60. The molecule has 1 aromatic carbocycles. The zero-order chi connectivity index (χ0) is 15.7. The summed E-state index contributed by atoms with van der Waals surface area (Å²) in [5.74, 6) is -1.12. The van der Waals surface area contributed by atoms with Crippen LogP contribution in [0.1, 0.15) is 48.9 Å². The fourth-order valence-corrected chi connectivity index (χ4v) is 4.10. The zero-order valence-electron chi connectivity index (χ0n) is 12.2. The first-order chi connectivity index (χ1) is 10.5. The highest BCUT2D eigenvalue weighted by Gasteiger charge is 2.29. The number of nitrogens with one attached hydrogen (secondary N) is 2. The standard InChI is InChI=1S/C15H20N2O4S/c18-15(19)13-9-12(22(20,21)17-11-5-6-11)7-8-14(13)16-10-3-1-2-4-10/h7-11,16-17H,1-6H2,(H,18,19). The number of carbonyl (C=O) groups is 1. The second-order valence-corrected chi connectivity index (χ2v) is 7.75. The fourth-order valence-electron chi connectivity index (χ4n) is 2.77. The second kappa shape index (κ2) is 5.89. The highest BCUT2D eigenvalue weighted by molar-refractivity contribution is 7.89. The molecule has 3 rings (SSSR count). The molecule has 0 amide bonds. The molecular weight excluding hydrogens is 304 g/mol. The molecule has 6 nitrogen and oxygen atoms in total. The maximum Gasteiger partial charge on any atom is 0.337 e. The van der Waals surface area contributed by atoms with Gasteiger partial charge in [0.1, 0.15) is 0 Å². The van der Waals surface area contributed by atoms with Crippen LogP contribution in [-0.4, -0.2) is 31.6 Å². The Balaban J connectivity index is 1.87. The number of benzene rings is 1. The molecule has 7 heteroatoms. The van der Waals surface area contributed by atoms with Crippen LogP contribution in [0.25, 0.3) is 0 Å². The summed E-state index contributed by atoms with van der Waals surface area (Å²) in [6.45, 7) is 0. The van der Waals surface area contributed by atoms with E-state index < -0.39 is 16.0 Å². The van der Waals surface area contributed by atoms with Gasteiger partial charge >= 0.3 is 5.97 Å². The Morgan fingerprint density at radius 3 is 2.36 bits per heavy atom. The predicted molar refractivity (Wildman–Crippen MR) is 82.6 cm³/mol. The third-order valence-electron chi connectivity index (χ3n) is 4.15. The molecule has 0 bridgehead atoms. The first-order valence-corrected chi connectivity index (χ1v) is 9.10. The lowest BCUT2D eigenvalue weighted by Crippen LogP contribution is -2.26. The summed E-state index contributed by atoms with van der Waals surface area (Å²) in [7, 11) is -3.64. The van der Waals surface area contributed by atoms with Gasteiger partial charge in [-0.1, -0.05) is 12.8 Å². The van der Waals surface area contributed by atoms with Gasteiger partial charge in [-0.15, -0.1) is 0 Å². The van der Waals surface area contributed by atoms with Gasteiger partial charge in [0.25, 0.3) is 0 Å². The molecule has 2 aliphatic rings. The van der Waals surface area contributed by atoms with Crippen molar-refractivity contribution in [2.75, 3.05) is 5.32 Å². The van der Waals surface area contributed by atoms with Crippen LogP contribution in [0.5, 0.6) is 0 Å². The number of carboxylic acid groups (broad SMARTS) is 1. The van der Waals surface area contributed by atoms with Gasteiger partial charge in [0.15, 0.2) is 0 Å². The quantitative estimate of drug-likeness (QED) is 0.745. The van der Waals surface area contributed by atoms with Crippen LogP contribution >= 0.6 is 0 Å². The molecule has 0 aromatic heterocycles. The summed E-state index contributed by atoms with van der Waals surface area (Å²) < 4.78 is 26.9. The number of sulfonamides is 1. The molecule has 1 aromatic rings. The summed E-state index contributed by atoms with van der Waals surface area (Å²) in [6.07, 6.45) is 5.99. The topological polar surface area (TPSA) is 95.5 Å². The van der Waals surface area contributed by atoms with Crippen molar-refractivity contribution in [3.63, 3.8) is 0 Å². The van der Waals surface area contributed by atoms with Crippen LogP contribution in [0.15, 0.2) is 23.1 Å². The van der Waals surface area contributed by atoms with Crippen molar-refractivity contribution >= 4 is 21.7 Å². The highest BCUT2D eigenvalue weighted by atomic mass is 32.2. The van der Waals surface area contributed by atoms with Crippen LogP contribution in [0.2, 0.25) is 0 Å². The lowest BCUT2D eigenvalue weighted by molar-refractivity contribution is 0.0697. The molecule has 2 fully saturated rings. The van der Waals surface area contributed by atoms with Crippen LogP contribution in [0, 0.1) is 0 Å². The Bertz CT molecular complexity index is 677. The van der Waals surface area contributed by atoms with E-state index in [2.05, 4.69) is 10.0 Å². The molecule has 3 N–H and O–H groups in total. The molecule has 0 unspecified atom stereocenters. The van der Waals surface area contributed by atoms with Gasteiger partial charge in [0, 0.05) is 17.8 Å². The van der Waals surface area contributed by atoms with Gasteiger partial charge in [-0.25, -0.2) is 17.9 Å². The van der Waals surface area contributed by atoms with E-state index in [0.29, 0.717) is 5.69 Å².